The second-order valence-electron chi connectivity index (χ2n) is 13.3. The normalized spacial score (nSPS) is 13.6. The molecule has 0 fully saturated rings. The van der Waals surface area contributed by atoms with Crippen LogP contribution in [0.2, 0.25) is 0 Å². The molecule has 0 heterocycles. The van der Waals surface area contributed by atoms with Crippen LogP contribution < -0.4 is 0 Å². The third kappa shape index (κ3) is 6.91. The Morgan fingerprint density at radius 2 is 0.882 bits per heavy atom. The zero-order chi connectivity index (χ0) is 26.4. The summed E-state index contributed by atoms with van der Waals surface area (Å²) < 4.78 is -0.151. The van der Waals surface area contributed by atoms with Crippen LogP contribution in [0.4, 0.5) is 0 Å². The van der Waals surface area contributed by atoms with Gasteiger partial charge in [-0.3, -0.25) is 0 Å². The molecule has 0 spiro atoms. The van der Waals surface area contributed by atoms with Crippen LogP contribution >= 0.6 is 23.5 Å². The highest BCUT2D eigenvalue weighted by Gasteiger charge is 2.30. The molecule has 0 saturated heterocycles. The van der Waals surface area contributed by atoms with E-state index in [1.54, 1.807) is 0 Å². The van der Waals surface area contributed by atoms with E-state index in [9.17, 15) is 10.2 Å². The fraction of sp³-hybridized carbons (Fsp3) is 0.600. The molecule has 2 aromatic rings. The fourth-order valence-corrected chi connectivity index (χ4v) is 6.69. The van der Waals surface area contributed by atoms with Gasteiger partial charge in [0.2, 0.25) is 0 Å². The van der Waals surface area contributed by atoms with Crippen molar-refractivity contribution in [3.8, 4) is 11.5 Å². The van der Waals surface area contributed by atoms with Gasteiger partial charge in [-0.25, -0.2) is 0 Å². The third-order valence-electron chi connectivity index (χ3n) is 5.97. The number of hydrogen-bond donors (Lipinski definition) is 2. The quantitative estimate of drug-likeness (QED) is 0.315. The Hall–Kier alpha value is -1.26. The predicted molar refractivity (Wildman–Crippen MR) is 152 cm³/mol. The standard InChI is InChI=1S/C30H46O2S2/c1-18(2)21-14-19(15-22(25(21)31)27(3,4)5)33-30(12,13)34-20-16-23(28(6,7)8)26(32)24(17-20)29(9,10)11/h14-18,31-32H,1-13H3. The minimum atomic E-state index is -0.151. The van der Waals surface area contributed by atoms with Gasteiger partial charge in [0.25, 0.3) is 0 Å². The number of hydrogen-bond acceptors (Lipinski definition) is 4. The number of aromatic hydroxyl groups is 2. The zero-order valence-corrected chi connectivity index (χ0v) is 25.2. The molecule has 2 rings (SSSR count). The Labute approximate surface area is 217 Å². The molecule has 0 unspecified atom stereocenters. The maximum Gasteiger partial charge on any atom is 0.123 e. The second-order valence-corrected chi connectivity index (χ2v) is 16.9. The lowest BCUT2D eigenvalue weighted by Crippen LogP contribution is -2.18. The van der Waals surface area contributed by atoms with Gasteiger partial charge in [-0.05, 0) is 65.8 Å². The first kappa shape index (κ1) is 29.0. The first-order chi connectivity index (χ1) is 15.1. The van der Waals surface area contributed by atoms with Crippen molar-refractivity contribution >= 4 is 23.5 Å². The molecule has 0 radical (unpaired) electrons. The molecule has 0 aliphatic heterocycles. The summed E-state index contributed by atoms with van der Waals surface area (Å²) in [6.07, 6.45) is 0. The maximum absolute atomic E-state index is 11.1. The molecule has 0 saturated carbocycles. The maximum atomic E-state index is 11.1. The molecule has 4 heteroatoms. The molecule has 0 atom stereocenters. The van der Waals surface area contributed by atoms with Crippen LogP contribution in [0.15, 0.2) is 34.1 Å². The largest absolute Gasteiger partial charge is 0.507 e. The lowest BCUT2D eigenvalue weighted by atomic mass is 9.79. The van der Waals surface area contributed by atoms with Crippen LogP contribution in [0.1, 0.15) is 118 Å². The van der Waals surface area contributed by atoms with Gasteiger partial charge in [0.05, 0.1) is 4.08 Å². The van der Waals surface area contributed by atoms with Crippen molar-refractivity contribution in [1.82, 2.24) is 0 Å². The van der Waals surface area contributed by atoms with Crippen molar-refractivity contribution in [1.29, 1.82) is 0 Å². The molecule has 2 N–H and O–H groups in total. The van der Waals surface area contributed by atoms with Gasteiger partial charge in [-0.2, -0.15) is 0 Å². The van der Waals surface area contributed by atoms with Gasteiger partial charge >= 0.3 is 0 Å². The van der Waals surface area contributed by atoms with Gasteiger partial charge in [0, 0.05) is 26.5 Å². The van der Waals surface area contributed by atoms with Crippen LogP contribution in [0.25, 0.3) is 0 Å². The van der Waals surface area contributed by atoms with E-state index in [4.69, 9.17) is 0 Å². The van der Waals surface area contributed by atoms with E-state index in [2.05, 4.69) is 114 Å². The van der Waals surface area contributed by atoms with Crippen molar-refractivity contribution in [3.05, 3.63) is 46.5 Å². The van der Waals surface area contributed by atoms with E-state index in [0.717, 1.165) is 22.3 Å². The van der Waals surface area contributed by atoms with E-state index < -0.39 is 0 Å². The molecule has 0 aromatic heterocycles. The van der Waals surface area contributed by atoms with E-state index in [0.29, 0.717) is 11.5 Å². The summed E-state index contributed by atoms with van der Waals surface area (Å²) >= 11 is 3.66. The number of phenols is 2. The number of phenolic OH excluding ortho intramolecular Hbond substituents is 2. The zero-order valence-electron chi connectivity index (χ0n) is 23.6. The minimum absolute atomic E-state index is 0.137. The lowest BCUT2D eigenvalue weighted by Gasteiger charge is -2.31. The first-order valence-electron chi connectivity index (χ1n) is 12.3. The highest BCUT2D eigenvalue weighted by Crippen LogP contribution is 2.50. The molecule has 0 aliphatic carbocycles. The van der Waals surface area contributed by atoms with Gasteiger partial charge < -0.3 is 10.2 Å². The molecule has 190 valence electrons. The average molecular weight is 503 g/mol. The van der Waals surface area contributed by atoms with E-state index >= 15 is 0 Å². The van der Waals surface area contributed by atoms with Crippen molar-refractivity contribution < 1.29 is 10.2 Å². The third-order valence-corrected chi connectivity index (χ3v) is 8.40. The minimum Gasteiger partial charge on any atom is -0.507 e. The molecular formula is C30H46O2S2. The van der Waals surface area contributed by atoms with E-state index in [-0.39, 0.29) is 26.2 Å². The van der Waals surface area contributed by atoms with Gasteiger partial charge in [0.15, 0.2) is 0 Å². The summed E-state index contributed by atoms with van der Waals surface area (Å²) in [5.74, 6) is 1.10. The summed E-state index contributed by atoms with van der Waals surface area (Å²) in [6.45, 7) is 28.1. The van der Waals surface area contributed by atoms with Crippen LogP contribution in [-0.2, 0) is 16.2 Å². The molecule has 0 aliphatic rings. The Bertz CT molecular complexity index is 994. The predicted octanol–water partition coefficient (Wildman–Crippen LogP) is 9.73. The summed E-state index contributed by atoms with van der Waals surface area (Å²) in [7, 11) is 0. The van der Waals surface area contributed by atoms with Crippen molar-refractivity contribution in [3.63, 3.8) is 0 Å². The van der Waals surface area contributed by atoms with Crippen LogP contribution in [0, 0.1) is 0 Å². The Balaban J connectivity index is 2.53. The summed E-state index contributed by atoms with van der Waals surface area (Å²) in [5.41, 5.74) is 3.55. The highest BCUT2D eigenvalue weighted by atomic mass is 32.2. The Morgan fingerprint density at radius 3 is 1.21 bits per heavy atom. The van der Waals surface area contributed by atoms with Crippen LogP contribution in [0.5, 0.6) is 11.5 Å². The van der Waals surface area contributed by atoms with Crippen LogP contribution in [0.3, 0.4) is 0 Å². The Kier molecular flexibility index (Phi) is 8.23. The topological polar surface area (TPSA) is 40.5 Å². The van der Waals surface area contributed by atoms with E-state index in [1.165, 1.54) is 9.79 Å². The molecule has 2 aromatic carbocycles. The second kappa shape index (κ2) is 9.65. The Morgan fingerprint density at radius 1 is 0.559 bits per heavy atom. The summed E-state index contributed by atoms with van der Waals surface area (Å²) in [5, 5.41) is 22.0. The molecule has 34 heavy (non-hydrogen) atoms. The lowest BCUT2D eigenvalue weighted by molar-refractivity contribution is 0.422. The summed E-state index contributed by atoms with van der Waals surface area (Å²) in [6, 6.07) is 8.63. The highest BCUT2D eigenvalue weighted by molar-refractivity contribution is 8.18. The number of benzene rings is 2. The molecule has 2 nitrogen and oxygen atoms in total. The van der Waals surface area contributed by atoms with Crippen LogP contribution in [-0.4, -0.2) is 14.3 Å². The first-order valence-corrected chi connectivity index (χ1v) is 13.9. The molecule has 0 bridgehead atoms. The fourth-order valence-electron chi connectivity index (χ4n) is 4.10. The monoisotopic (exact) mass is 502 g/mol. The van der Waals surface area contributed by atoms with E-state index in [1.807, 2.05) is 23.5 Å². The van der Waals surface area contributed by atoms with Crippen molar-refractivity contribution in [2.24, 2.45) is 0 Å². The van der Waals surface area contributed by atoms with Gasteiger partial charge in [-0.1, -0.05) is 76.2 Å². The molecule has 0 amide bonds. The van der Waals surface area contributed by atoms with Crippen molar-refractivity contribution in [2.75, 3.05) is 0 Å². The van der Waals surface area contributed by atoms with Gasteiger partial charge in [0.1, 0.15) is 11.5 Å². The number of rotatable bonds is 5. The van der Waals surface area contributed by atoms with Gasteiger partial charge in [-0.15, -0.1) is 23.5 Å². The smallest absolute Gasteiger partial charge is 0.123 e. The summed E-state index contributed by atoms with van der Waals surface area (Å²) in [4.78, 5) is 2.35. The number of thioether (sulfide) groups is 2. The average Bonchev–Trinajstić information content (AvgIpc) is 2.60. The molecular weight excluding hydrogens is 456 g/mol. The van der Waals surface area contributed by atoms with Crippen molar-refractivity contribution in [2.45, 2.75) is 126 Å². The SMILES string of the molecule is CC(C)c1cc(SC(C)(C)Sc2cc(C(C)(C)C)c(O)c(C(C)(C)C)c2)cc(C(C)(C)C)c1O.